The molecular weight excluding hydrogens is 526 g/mol. The van der Waals surface area contributed by atoms with Gasteiger partial charge in [-0.1, -0.05) is 30.3 Å². The highest BCUT2D eigenvalue weighted by molar-refractivity contribution is 8.00. The van der Waals surface area contributed by atoms with Crippen molar-refractivity contribution in [2.45, 2.75) is 24.4 Å². The van der Waals surface area contributed by atoms with Crippen molar-refractivity contribution in [3.63, 3.8) is 0 Å². The fraction of sp³-hybridized carbons (Fsp3) is 0.261. The average Bonchev–Trinajstić information content (AvgIpc) is 2.85. The molecule has 4 rings (SSSR count). The molecule has 2 aliphatic rings. The average molecular weight is 548 g/mol. The van der Waals surface area contributed by atoms with E-state index in [2.05, 4.69) is 5.32 Å². The molecule has 2 aliphatic heterocycles. The molecule has 2 aromatic rings. The summed E-state index contributed by atoms with van der Waals surface area (Å²) in [6.45, 7) is -0.288. The summed E-state index contributed by atoms with van der Waals surface area (Å²) in [7, 11) is -4.02. The molecule has 37 heavy (non-hydrogen) atoms. The largest absolute Gasteiger partial charge is 0.456 e. The van der Waals surface area contributed by atoms with Crippen LogP contribution >= 0.6 is 11.8 Å². The fourth-order valence-corrected chi connectivity index (χ4v) is 5.60. The van der Waals surface area contributed by atoms with Gasteiger partial charge < -0.3 is 14.2 Å². The van der Waals surface area contributed by atoms with E-state index in [0.29, 0.717) is 5.56 Å². The lowest BCUT2D eigenvalue weighted by Gasteiger charge is -2.49. The molecular formula is C23H21N3O9S2. The third kappa shape index (κ3) is 6.09. The summed E-state index contributed by atoms with van der Waals surface area (Å²) >= 11 is 1.13. The van der Waals surface area contributed by atoms with Crippen LogP contribution < -0.4 is 5.32 Å². The normalized spacial score (nSPS) is 18.9. The number of benzene rings is 2. The zero-order chi connectivity index (χ0) is 26.7. The number of fused-ring (bicyclic) bond motifs is 1. The molecule has 1 N–H and O–H groups in total. The van der Waals surface area contributed by atoms with Gasteiger partial charge in [-0.15, -0.1) is 11.8 Å². The maximum atomic E-state index is 13.0. The molecule has 0 bridgehead atoms. The molecule has 0 spiro atoms. The minimum absolute atomic E-state index is 0.0599. The Kier molecular flexibility index (Phi) is 7.50. The van der Waals surface area contributed by atoms with Gasteiger partial charge in [-0.2, -0.15) is 8.42 Å². The number of thioether (sulfide) groups is 1. The summed E-state index contributed by atoms with van der Waals surface area (Å²) in [5, 5.41) is 12.8. The van der Waals surface area contributed by atoms with E-state index in [1.54, 1.807) is 24.3 Å². The first-order valence-electron chi connectivity index (χ1n) is 10.8. The van der Waals surface area contributed by atoms with Gasteiger partial charge in [0.25, 0.3) is 11.6 Å². The quantitative estimate of drug-likeness (QED) is 0.160. The number of nitro benzene ring substituents is 1. The van der Waals surface area contributed by atoms with Crippen LogP contribution in [0.15, 0.2) is 66.1 Å². The monoisotopic (exact) mass is 547 g/mol. The Morgan fingerprint density at radius 2 is 1.81 bits per heavy atom. The second-order valence-corrected chi connectivity index (χ2v) is 10.9. The molecule has 194 valence electrons. The standard InChI is InChI=1S/C23H21N3O9S2/c1-37(32,33)35-17-13-36-22-19(24-18(27)11-14-5-3-2-4-6-14)21(28)25(22)20(17)23(29)34-12-15-7-9-16(10-8-15)26(30)31/h2-10,19,22H,11-13H2,1H3,(H,24,27)/t19-,22-/m1/s1. The molecule has 12 nitrogen and oxygen atoms in total. The summed E-state index contributed by atoms with van der Waals surface area (Å²) in [4.78, 5) is 49.8. The van der Waals surface area contributed by atoms with E-state index in [0.717, 1.165) is 28.5 Å². The Bertz CT molecular complexity index is 1380. The highest BCUT2D eigenvalue weighted by atomic mass is 32.2. The van der Waals surface area contributed by atoms with Crippen LogP contribution in [0.1, 0.15) is 11.1 Å². The zero-order valence-electron chi connectivity index (χ0n) is 19.4. The van der Waals surface area contributed by atoms with Gasteiger partial charge in [0, 0.05) is 12.1 Å². The zero-order valence-corrected chi connectivity index (χ0v) is 21.0. The van der Waals surface area contributed by atoms with Crippen LogP contribution in [0, 0.1) is 10.1 Å². The van der Waals surface area contributed by atoms with Crippen LogP contribution in [-0.4, -0.2) is 59.4 Å². The number of carbonyl (C=O) groups is 3. The van der Waals surface area contributed by atoms with Crippen LogP contribution in [0.3, 0.4) is 0 Å². The van der Waals surface area contributed by atoms with Gasteiger partial charge in [0.05, 0.1) is 23.4 Å². The molecule has 1 saturated heterocycles. The molecule has 2 amide bonds. The molecule has 14 heteroatoms. The SMILES string of the molecule is CS(=O)(=O)OC1=C(C(=O)OCc2ccc([N+](=O)[O-])cc2)N2C(=O)[C@@H](NC(=O)Cc3ccccc3)[C@H]2SC1. The lowest BCUT2D eigenvalue weighted by molar-refractivity contribution is -0.384. The highest BCUT2D eigenvalue weighted by Crippen LogP contribution is 2.41. The first kappa shape index (κ1) is 26.2. The Labute approximate surface area is 215 Å². The molecule has 1 fully saturated rings. The van der Waals surface area contributed by atoms with Gasteiger partial charge in [0.1, 0.15) is 18.0 Å². The van der Waals surface area contributed by atoms with Crippen molar-refractivity contribution in [3.8, 4) is 0 Å². The van der Waals surface area contributed by atoms with Crippen LogP contribution in [-0.2, 0) is 46.4 Å². The summed E-state index contributed by atoms with van der Waals surface area (Å²) < 4.78 is 33.8. The number of non-ortho nitro benzene ring substituents is 1. The third-order valence-electron chi connectivity index (χ3n) is 5.42. The Morgan fingerprint density at radius 1 is 1.14 bits per heavy atom. The number of nitrogens with one attached hydrogen (secondary N) is 1. The van der Waals surface area contributed by atoms with Crippen LogP contribution in [0.4, 0.5) is 5.69 Å². The second-order valence-electron chi connectivity index (χ2n) is 8.18. The van der Waals surface area contributed by atoms with Gasteiger partial charge >= 0.3 is 16.1 Å². The van der Waals surface area contributed by atoms with E-state index in [-0.39, 0.29) is 41.8 Å². The van der Waals surface area contributed by atoms with Crippen molar-refractivity contribution in [1.29, 1.82) is 0 Å². The number of amides is 2. The summed E-state index contributed by atoms with van der Waals surface area (Å²) in [5.74, 6) is -2.33. The minimum Gasteiger partial charge on any atom is -0.456 e. The second kappa shape index (κ2) is 10.6. The van der Waals surface area contributed by atoms with Gasteiger partial charge in [-0.05, 0) is 23.3 Å². The third-order valence-corrected chi connectivity index (χ3v) is 7.18. The highest BCUT2D eigenvalue weighted by Gasteiger charge is 2.55. The molecule has 0 radical (unpaired) electrons. The van der Waals surface area contributed by atoms with Crippen molar-refractivity contribution >= 4 is 45.4 Å². The number of rotatable bonds is 9. The van der Waals surface area contributed by atoms with Crippen LogP contribution in [0.2, 0.25) is 0 Å². The number of carbonyl (C=O) groups excluding carboxylic acids is 3. The number of ether oxygens (including phenoxy) is 1. The number of hydrogen-bond donors (Lipinski definition) is 1. The van der Waals surface area contributed by atoms with E-state index in [1.807, 2.05) is 6.07 Å². The first-order valence-corrected chi connectivity index (χ1v) is 13.7. The predicted octanol–water partition coefficient (Wildman–Crippen LogP) is 1.47. The Hall–Kier alpha value is -3.91. The number of β-lactam (4-membered cyclic amide) rings is 1. The van der Waals surface area contributed by atoms with Crippen LogP contribution in [0.5, 0.6) is 0 Å². The summed E-state index contributed by atoms with van der Waals surface area (Å²) in [6, 6.07) is 13.3. The van der Waals surface area contributed by atoms with Crippen molar-refractivity contribution < 1.29 is 36.6 Å². The van der Waals surface area contributed by atoms with Gasteiger partial charge in [-0.3, -0.25) is 24.6 Å². The molecule has 0 aliphatic carbocycles. The molecule has 2 heterocycles. The van der Waals surface area contributed by atoms with Crippen molar-refractivity contribution in [3.05, 3.63) is 87.3 Å². The lowest BCUT2D eigenvalue weighted by atomic mass is 10.0. The summed E-state index contributed by atoms with van der Waals surface area (Å²) in [6.07, 6.45) is 0.867. The fourth-order valence-electron chi connectivity index (χ4n) is 3.76. The van der Waals surface area contributed by atoms with Crippen LogP contribution in [0.25, 0.3) is 0 Å². The topological polar surface area (TPSA) is 162 Å². The first-order chi connectivity index (χ1) is 17.5. The molecule has 0 saturated carbocycles. The Morgan fingerprint density at radius 3 is 2.43 bits per heavy atom. The number of hydrogen-bond acceptors (Lipinski definition) is 10. The molecule has 2 aromatic carbocycles. The van der Waals surface area contributed by atoms with E-state index in [4.69, 9.17) is 8.92 Å². The number of esters is 1. The molecule has 0 unspecified atom stereocenters. The maximum absolute atomic E-state index is 13.0. The smallest absolute Gasteiger partial charge is 0.359 e. The van der Waals surface area contributed by atoms with Gasteiger partial charge in [-0.25, -0.2) is 4.79 Å². The van der Waals surface area contributed by atoms with Gasteiger partial charge in [0.2, 0.25) is 5.91 Å². The predicted molar refractivity (Wildman–Crippen MR) is 131 cm³/mol. The summed E-state index contributed by atoms with van der Waals surface area (Å²) in [5.41, 5.74) is 0.696. The van der Waals surface area contributed by atoms with E-state index >= 15 is 0 Å². The van der Waals surface area contributed by atoms with Crippen molar-refractivity contribution in [2.24, 2.45) is 0 Å². The maximum Gasteiger partial charge on any atom is 0.359 e. The van der Waals surface area contributed by atoms with E-state index in [9.17, 15) is 32.9 Å². The Balaban J connectivity index is 1.49. The van der Waals surface area contributed by atoms with Crippen molar-refractivity contribution in [1.82, 2.24) is 10.2 Å². The lowest BCUT2D eigenvalue weighted by Crippen LogP contribution is -2.70. The van der Waals surface area contributed by atoms with Gasteiger partial charge in [0.15, 0.2) is 11.5 Å². The number of nitro groups is 1. The van der Waals surface area contributed by atoms with E-state index < -0.39 is 38.3 Å². The number of nitrogens with zero attached hydrogens (tertiary/aromatic N) is 2. The van der Waals surface area contributed by atoms with E-state index in [1.165, 1.54) is 24.3 Å². The van der Waals surface area contributed by atoms with Crippen molar-refractivity contribution in [2.75, 3.05) is 12.0 Å². The minimum atomic E-state index is -4.02. The molecule has 0 aromatic heterocycles. The molecule has 2 atom stereocenters.